The minimum Gasteiger partial charge on any atom is -0.288 e. The van der Waals surface area contributed by atoms with E-state index in [2.05, 4.69) is 0 Å². The molecule has 0 spiro atoms. The highest BCUT2D eigenvalue weighted by molar-refractivity contribution is 7.55. The van der Waals surface area contributed by atoms with Gasteiger partial charge >= 0.3 is 13.8 Å². The number of rotatable bonds is 6. The third kappa shape index (κ3) is 3.84. The van der Waals surface area contributed by atoms with Crippen LogP contribution in [0, 0.1) is 10.1 Å². The Hall–Kier alpha value is -1.74. The molecule has 3 unspecified atom stereocenters. The summed E-state index contributed by atoms with van der Waals surface area (Å²) in [6, 6.07) is 7.33. The summed E-state index contributed by atoms with van der Waals surface area (Å²) in [5, 5.41) is 7.88. The van der Waals surface area contributed by atoms with Gasteiger partial charge in [-0.3, -0.25) is 19.2 Å². The molecule has 2 aromatic rings. The first-order chi connectivity index (χ1) is 14.2. The van der Waals surface area contributed by atoms with Gasteiger partial charge in [0.1, 0.15) is 0 Å². The molecular formula is C16H11B4F3N3O4P. The molecule has 2 aromatic carbocycles. The molecule has 8 radical (unpaired) electrons. The number of nitro benzene ring substituents is 1. The molecule has 152 valence electrons. The zero-order valence-corrected chi connectivity index (χ0v) is 16.7. The molecule has 3 atom stereocenters. The maximum atomic E-state index is 14.1. The van der Waals surface area contributed by atoms with Crippen molar-refractivity contribution in [1.82, 2.24) is 9.34 Å². The molecule has 2 fully saturated rings. The number of halogens is 3. The Morgan fingerprint density at radius 1 is 1.03 bits per heavy atom. The molecule has 0 aromatic heterocycles. The van der Waals surface area contributed by atoms with Crippen molar-refractivity contribution in [2.45, 2.75) is 23.0 Å². The first kappa shape index (κ1) is 22.5. The molecule has 2 heterocycles. The molecule has 2 aliphatic heterocycles. The van der Waals surface area contributed by atoms with E-state index in [1.54, 1.807) is 0 Å². The van der Waals surface area contributed by atoms with Gasteiger partial charge in [0.2, 0.25) is 0 Å². The minimum absolute atomic E-state index is 0.0323. The molecule has 0 bridgehead atoms. The summed E-state index contributed by atoms with van der Waals surface area (Å²) >= 11 is 0. The molecule has 0 aliphatic carbocycles. The largest absolute Gasteiger partial charge is 0.419 e. The average Bonchev–Trinajstić information content (AvgIpc) is 3.51. The summed E-state index contributed by atoms with van der Waals surface area (Å²) in [4.78, 5) is 10.6. The van der Waals surface area contributed by atoms with Crippen LogP contribution in [0.2, 0.25) is 0 Å². The van der Waals surface area contributed by atoms with Crippen LogP contribution in [0.15, 0.2) is 36.4 Å². The molecule has 0 saturated carbocycles. The standard InChI is InChI=1S/C16H11B4F3N3O4P/c17-14(18)7-24(14)31(29,25-8-15(25,19)20)30-13(16(21,22)23)11-5-6-12(26(27)28)10-4-2-1-3-9(10)11/h1-6,13H,7-8H2. The predicted molar refractivity (Wildman–Crippen MR) is 110 cm³/mol. The zero-order chi connectivity index (χ0) is 23.0. The fourth-order valence-corrected chi connectivity index (χ4v) is 6.17. The molecule has 2 aliphatic rings. The first-order valence-corrected chi connectivity index (χ1v) is 10.4. The van der Waals surface area contributed by atoms with Gasteiger partial charge in [-0.25, -0.2) is 9.34 Å². The van der Waals surface area contributed by atoms with Gasteiger partial charge in [0.15, 0.2) is 6.10 Å². The fourth-order valence-electron chi connectivity index (χ4n) is 3.43. The van der Waals surface area contributed by atoms with Gasteiger partial charge in [-0.15, -0.1) is 0 Å². The van der Waals surface area contributed by atoms with Crippen LogP contribution < -0.4 is 0 Å². The summed E-state index contributed by atoms with van der Waals surface area (Å²) in [5.74, 6) is 0. The number of benzene rings is 2. The van der Waals surface area contributed by atoms with E-state index in [1.165, 1.54) is 24.3 Å². The Bertz CT molecular complexity index is 1110. The van der Waals surface area contributed by atoms with Crippen LogP contribution in [-0.2, 0) is 9.09 Å². The van der Waals surface area contributed by atoms with Crippen LogP contribution >= 0.6 is 7.67 Å². The van der Waals surface area contributed by atoms with E-state index in [1.807, 2.05) is 0 Å². The Labute approximate surface area is 180 Å². The summed E-state index contributed by atoms with van der Waals surface area (Å²) in [5.41, 5.74) is -0.844. The first-order valence-electron chi connectivity index (χ1n) is 8.91. The van der Waals surface area contributed by atoms with Crippen LogP contribution in [0.1, 0.15) is 11.7 Å². The van der Waals surface area contributed by atoms with Crippen LogP contribution in [0.3, 0.4) is 0 Å². The van der Waals surface area contributed by atoms with Crippen molar-refractivity contribution in [3.8, 4) is 0 Å². The molecule has 7 nitrogen and oxygen atoms in total. The molecule has 0 N–H and O–H groups in total. The normalized spacial score (nSPS) is 26.7. The number of fused-ring (bicyclic) bond motifs is 1. The fraction of sp³-hybridized carbons (Fsp3) is 0.375. The molecule has 15 heteroatoms. The van der Waals surface area contributed by atoms with Crippen molar-refractivity contribution in [3.05, 3.63) is 52.1 Å². The van der Waals surface area contributed by atoms with E-state index >= 15 is 0 Å². The average molecular weight is 440 g/mol. The molecule has 4 rings (SSSR count). The van der Waals surface area contributed by atoms with E-state index in [-0.39, 0.29) is 29.5 Å². The van der Waals surface area contributed by atoms with Crippen molar-refractivity contribution in [1.29, 1.82) is 0 Å². The zero-order valence-electron chi connectivity index (χ0n) is 15.8. The van der Waals surface area contributed by atoms with E-state index < -0.39 is 41.1 Å². The number of nitrogens with zero attached hydrogens (tertiary/aromatic N) is 3. The smallest absolute Gasteiger partial charge is 0.288 e. The highest BCUT2D eigenvalue weighted by Gasteiger charge is 2.65. The Balaban J connectivity index is 1.84. The van der Waals surface area contributed by atoms with Gasteiger partial charge in [-0.05, 0) is 33.8 Å². The van der Waals surface area contributed by atoms with E-state index in [0.717, 1.165) is 21.5 Å². The quantitative estimate of drug-likeness (QED) is 0.225. The lowest BCUT2D eigenvalue weighted by molar-refractivity contribution is -0.383. The predicted octanol–water partition coefficient (Wildman–Crippen LogP) is 2.09. The van der Waals surface area contributed by atoms with Gasteiger partial charge in [-0.2, -0.15) is 13.2 Å². The van der Waals surface area contributed by atoms with E-state index in [4.69, 9.17) is 35.9 Å². The van der Waals surface area contributed by atoms with Crippen molar-refractivity contribution >= 4 is 55.5 Å². The number of non-ortho nitro benzene ring substituents is 1. The van der Waals surface area contributed by atoms with Crippen molar-refractivity contribution in [2.75, 3.05) is 13.1 Å². The van der Waals surface area contributed by atoms with Gasteiger partial charge in [0.25, 0.3) is 5.69 Å². The highest BCUT2D eigenvalue weighted by Crippen LogP contribution is 2.70. The number of alkyl halides is 3. The number of hydrogen-bond donors (Lipinski definition) is 0. The molecule has 2 saturated heterocycles. The van der Waals surface area contributed by atoms with Crippen LogP contribution in [0.5, 0.6) is 0 Å². The Morgan fingerprint density at radius 2 is 1.52 bits per heavy atom. The van der Waals surface area contributed by atoms with Gasteiger partial charge in [-0.1, -0.05) is 18.2 Å². The number of hydrogen-bond acceptors (Lipinski definition) is 4. The maximum absolute atomic E-state index is 14.1. The molecule has 31 heavy (non-hydrogen) atoms. The second kappa shape index (κ2) is 6.88. The van der Waals surface area contributed by atoms with Crippen LogP contribution in [0.4, 0.5) is 18.9 Å². The summed E-state index contributed by atoms with van der Waals surface area (Å²) < 4.78 is 63.0. The topological polar surface area (TPSA) is 75.5 Å². The second-order valence-corrected chi connectivity index (χ2v) is 9.75. The minimum atomic E-state index is -5.04. The summed E-state index contributed by atoms with van der Waals surface area (Å²) in [6.07, 6.45) is -7.77. The van der Waals surface area contributed by atoms with Gasteiger partial charge < -0.3 is 0 Å². The summed E-state index contributed by atoms with van der Waals surface area (Å²) in [6.45, 7) is -0.412. The Kier molecular flexibility index (Phi) is 4.98. The van der Waals surface area contributed by atoms with Crippen LogP contribution in [-0.4, -0.2) is 75.6 Å². The molecule has 0 amide bonds. The van der Waals surface area contributed by atoms with Crippen molar-refractivity contribution in [3.63, 3.8) is 0 Å². The van der Waals surface area contributed by atoms with Gasteiger partial charge in [0, 0.05) is 19.2 Å². The third-order valence-electron chi connectivity index (χ3n) is 5.12. The summed E-state index contributed by atoms with van der Waals surface area (Å²) in [7, 11) is 18.3. The lowest BCUT2D eigenvalue weighted by Gasteiger charge is -2.31. The van der Waals surface area contributed by atoms with Crippen molar-refractivity contribution < 1.29 is 27.2 Å². The second-order valence-electron chi connectivity index (χ2n) is 7.59. The monoisotopic (exact) mass is 441 g/mol. The lowest BCUT2D eigenvalue weighted by atomic mass is 9.70. The van der Waals surface area contributed by atoms with E-state index in [0.29, 0.717) is 0 Å². The van der Waals surface area contributed by atoms with Crippen LogP contribution in [0.25, 0.3) is 10.8 Å². The Morgan fingerprint density at radius 3 is 1.94 bits per heavy atom. The highest BCUT2D eigenvalue weighted by atomic mass is 31.2. The number of nitro groups is 1. The molecular weight excluding hydrogens is 429 g/mol. The maximum Gasteiger partial charge on any atom is 0.419 e. The van der Waals surface area contributed by atoms with Crippen molar-refractivity contribution in [2.24, 2.45) is 0 Å². The SMILES string of the molecule is [B]C1([B])CN1P(=O)(OC(c1ccc([N+](=O)[O-])c2ccccc12)C(F)(F)F)N1CC1([B])[B]. The third-order valence-corrected chi connectivity index (χ3v) is 7.86. The van der Waals surface area contributed by atoms with E-state index in [9.17, 15) is 27.9 Å². The lowest BCUT2D eigenvalue weighted by Crippen LogP contribution is -2.30. The van der Waals surface area contributed by atoms with Gasteiger partial charge in [0.05, 0.1) is 41.7 Å².